The summed E-state index contributed by atoms with van der Waals surface area (Å²) in [5.74, 6) is 0.994. The predicted octanol–water partition coefficient (Wildman–Crippen LogP) is 5.02. The van der Waals surface area contributed by atoms with Gasteiger partial charge in [0.15, 0.2) is 0 Å². The number of fused-ring (bicyclic) bond motifs is 1. The van der Waals surface area contributed by atoms with E-state index in [1.165, 1.54) is 0 Å². The lowest BCUT2D eigenvalue weighted by Gasteiger charge is -2.19. The largest absolute Gasteiger partial charge is 0.508 e. The molecule has 5 heteroatoms. The van der Waals surface area contributed by atoms with Crippen LogP contribution in [0.3, 0.4) is 0 Å². The molecule has 0 fully saturated rings. The van der Waals surface area contributed by atoms with Crippen molar-refractivity contribution in [2.75, 3.05) is 11.9 Å². The van der Waals surface area contributed by atoms with Gasteiger partial charge in [-0.3, -0.25) is 0 Å². The lowest BCUT2D eigenvalue weighted by Crippen LogP contribution is -2.10. The maximum Gasteiger partial charge on any atom is 0.133 e. The van der Waals surface area contributed by atoms with Crippen LogP contribution < -0.4 is 4.90 Å². The van der Waals surface area contributed by atoms with Crippen molar-refractivity contribution in [3.63, 3.8) is 0 Å². The van der Waals surface area contributed by atoms with Gasteiger partial charge in [0, 0.05) is 23.1 Å². The lowest BCUT2D eigenvalue weighted by molar-refractivity contribution is 0.475. The Balaban J connectivity index is 2.06. The number of hydrogen-bond donors (Lipinski definition) is 1. The molecular weight excluding hydrogens is 307 g/mol. The van der Waals surface area contributed by atoms with Gasteiger partial charge in [-0.05, 0) is 48.5 Å². The highest BCUT2D eigenvalue weighted by Gasteiger charge is 2.09. The molecule has 106 valence electrons. The first kappa shape index (κ1) is 14.0. The summed E-state index contributed by atoms with van der Waals surface area (Å²) in [6.07, 6.45) is 0. The zero-order valence-electron chi connectivity index (χ0n) is 11.2. The molecule has 1 heterocycles. The van der Waals surface area contributed by atoms with Crippen LogP contribution in [0.1, 0.15) is 0 Å². The smallest absolute Gasteiger partial charge is 0.133 e. The first-order valence-electron chi connectivity index (χ1n) is 6.33. The van der Waals surface area contributed by atoms with Crippen molar-refractivity contribution in [3.05, 3.63) is 58.6 Å². The first-order valence-corrected chi connectivity index (χ1v) is 7.09. The topological polar surface area (TPSA) is 36.4 Å². The molecule has 21 heavy (non-hydrogen) atoms. The summed E-state index contributed by atoms with van der Waals surface area (Å²) >= 11 is 12.2. The van der Waals surface area contributed by atoms with Crippen molar-refractivity contribution >= 4 is 45.6 Å². The first-order chi connectivity index (χ1) is 10.0. The second kappa shape index (κ2) is 5.43. The van der Waals surface area contributed by atoms with Gasteiger partial charge in [0.1, 0.15) is 11.6 Å². The van der Waals surface area contributed by atoms with Crippen LogP contribution in [0.25, 0.3) is 10.9 Å². The maximum atomic E-state index is 9.35. The fourth-order valence-corrected chi connectivity index (χ4v) is 2.69. The van der Waals surface area contributed by atoms with E-state index >= 15 is 0 Å². The van der Waals surface area contributed by atoms with Crippen molar-refractivity contribution in [2.24, 2.45) is 0 Å². The van der Waals surface area contributed by atoms with Gasteiger partial charge in [-0.15, -0.1) is 0 Å². The number of benzene rings is 2. The second-order valence-corrected chi connectivity index (χ2v) is 5.55. The highest BCUT2D eigenvalue weighted by molar-refractivity contribution is 6.38. The van der Waals surface area contributed by atoms with Crippen LogP contribution in [0.5, 0.6) is 5.75 Å². The fraction of sp³-hybridized carbons (Fsp3) is 0.0625. The van der Waals surface area contributed by atoms with E-state index in [2.05, 4.69) is 4.98 Å². The molecule has 0 aliphatic rings. The molecule has 3 aromatic rings. The molecule has 0 amide bonds. The fourth-order valence-electron chi connectivity index (χ4n) is 2.14. The van der Waals surface area contributed by atoms with E-state index in [-0.39, 0.29) is 5.75 Å². The lowest BCUT2D eigenvalue weighted by atomic mass is 10.2. The maximum absolute atomic E-state index is 9.35. The monoisotopic (exact) mass is 318 g/mol. The Bertz CT molecular complexity index is 803. The van der Waals surface area contributed by atoms with Gasteiger partial charge in [-0.25, -0.2) is 4.98 Å². The number of halogens is 2. The average molecular weight is 319 g/mol. The minimum atomic E-state index is 0.233. The predicted molar refractivity (Wildman–Crippen MR) is 87.9 cm³/mol. The van der Waals surface area contributed by atoms with Gasteiger partial charge < -0.3 is 10.0 Å². The van der Waals surface area contributed by atoms with E-state index in [9.17, 15) is 5.11 Å². The van der Waals surface area contributed by atoms with Gasteiger partial charge in [0.2, 0.25) is 0 Å². The molecule has 0 atom stereocenters. The highest BCUT2D eigenvalue weighted by atomic mass is 35.5. The molecule has 0 bridgehead atoms. The van der Waals surface area contributed by atoms with Crippen LogP contribution >= 0.6 is 23.2 Å². The molecule has 1 aromatic heterocycles. The van der Waals surface area contributed by atoms with Gasteiger partial charge in [-0.1, -0.05) is 23.2 Å². The van der Waals surface area contributed by atoms with Crippen molar-refractivity contribution in [1.82, 2.24) is 4.98 Å². The average Bonchev–Trinajstić information content (AvgIpc) is 2.47. The minimum Gasteiger partial charge on any atom is -0.508 e. The van der Waals surface area contributed by atoms with Crippen LogP contribution in [0.2, 0.25) is 10.0 Å². The van der Waals surface area contributed by atoms with E-state index in [1.807, 2.05) is 42.3 Å². The van der Waals surface area contributed by atoms with Crippen LogP contribution in [0.15, 0.2) is 48.5 Å². The summed E-state index contributed by atoms with van der Waals surface area (Å²) in [5, 5.41) is 11.4. The molecule has 0 aliphatic carbocycles. The molecule has 0 saturated heterocycles. The van der Waals surface area contributed by atoms with Gasteiger partial charge in [-0.2, -0.15) is 0 Å². The Labute approximate surface area is 132 Å². The van der Waals surface area contributed by atoms with E-state index in [4.69, 9.17) is 23.2 Å². The molecule has 0 aliphatic heterocycles. The molecule has 0 spiro atoms. The molecule has 1 N–H and O–H groups in total. The number of phenols is 1. The third-order valence-electron chi connectivity index (χ3n) is 3.28. The molecule has 0 saturated carbocycles. The molecule has 0 unspecified atom stereocenters. The summed E-state index contributed by atoms with van der Waals surface area (Å²) in [6.45, 7) is 0. The Morgan fingerprint density at radius 3 is 2.43 bits per heavy atom. The van der Waals surface area contributed by atoms with Crippen molar-refractivity contribution in [3.8, 4) is 5.75 Å². The Morgan fingerprint density at radius 1 is 1.00 bits per heavy atom. The van der Waals surface area contributed by atoms with Crippen LogP contribution in [-0.4, -0.2) is 17.1 Å². The third-order valence-corrected chi connectivity index (χ3v) is 3.78. The van der Waals surface area contributed by atoms with Gasteiger partial charge in [0.25, 0.3) is 0 Å². The van der Waals surface area contributed by atoms with Crippen LogP contribution in [-0.2, 0) is 0 Å². The molecule has 3 rings (SSSR count). The normalized spacial score (nSPS) is 10.8. The van der Waals surface area contributed by atoms with Crippen molar-refractivity contribution in [2.45, 2.75) is 0 Å². The number of hydrogen-bond acceptors (Lipinski definition) is 3. The zero-order chi connectivity index (χ0) is 15.0. The molecule has 3 nitrogen and oxygen atoms in total. The minimum absolute atomic E-state index is 0.233. The summed E-state index contributed by atoms with van der Waals surface area (Å²) in [5.41, 5.74) is 1.63. The summed E-state index contributed by atoms with van der Waals surface area (Å²) in [6, 6.07) is 14.3. The van der Waals surface area contributed by atoms with Gasteiger partial charge >= 0.3 is 0 Å². The highest BCUT2D eigenvalue weighted by Crippen LogP contribution is 2.30. The number of phenolic OH excluding ortho intramolecular Hbond substituents is 1. The number of anilines is 2. The number of nitrogens with zero attached hydrogens (tertiary/aromatic N) is 2. The molecule has 0 radical (unpaired) electrons. The van der Waals surface area contributed by atoms with E-state index in [0.717, 1.165) is 16.9 Å². The molecule has 2 aromatic carbocycles. The SMILES string of the molecule is CN(c1ccc(O)cc1)c1ccc2cc(Cl)cc(Cl)c2n1. The Kier molecular flexibility index (Phi) is 3.62. The Hall–Kier alpha value is -1.97. The summed E-state index contributed by atoms with van der Waals surface area (Å²) in [4.78, 5) is 6.51. The Morgan fingerprint density at radius 2 is 1.71 bits per heavy atom. The third kappa shape index (κ3) is 2.75. The molecular formula is C16H12Cl2N2O. The van der Waals surface area contributed by atoms with Crippen LogP contribution in [0.4, 0.5) is 11.5 Å². The van der Waals surface area contributed by atoms with E-state index in [0.29, 0.717) is 15.6 Å². The van der Waals surface area contributed by atoms with Crippen molar-refractivity contribution < 1.29 is 5.11 Å². The van der Waals surface area contributed by atoms with Crippen molar-refractivity contribution in [1.29, 1.82) is 0 Å². The quantitative estimate of drug-likeness (QED) is 0.721. The number of aromatic hydroxyl groups is 1. The van der Waals surface area contributed by atoms with Crippen LogP contribution in [0, 0.1) is 0 Å². The standard InChI is InChI=1S/C16H12Cl2N2O/c1-20(12-3-5-13(21)6-4-12)15-7-2-10-8-11(17)9-14(18)16(10)19-15/h2-9,21H,1H3. The van der Waals surface area contributed by atoms with E-state index < -0.39 is 0 Å². The number of rotatable bonds is 2. The number of aromatic nitrogens is 1. The second-order valence-electron chi connectivity index (χ2n) is 4.70. The zero-order valence-corrected chi connectivity index (χ0v) is 12.7. The number of pyridine rings is 1. The summed E-state index contributed by atoms with van der Waals surface area (Å²) in [7, 11) is 1.91. The van der Waals surface area contributed by atoms with Gasteiger partial charge in [0.05, 0.1) is 10.5 Å². The summed E-state index contributed by atoms with van der Waals surface area (Å²) < 4.78 is 0. The van der Waals surface area contributed by atoms with E-state index in [1.54, 1.807) is 18.2 Å².